The second-order valence-electron chi connectivity index (χ2n) is 5.31. The fourth-order valence-corrected chi connectivity index (χ4v) is 2.54. The van der Waals surface area contributed by atoms with Gasteiger partial charge >= 0.3 is 0 Å². The van der Waals surface area contributed by atoms with Crippen molar-refractivity contribution in [1.29, 1.82) is 5.26 Å². The molecule has 3 nitrogen and oxygen atoms in total. The Hall–Kier alpha value is -0.590. The molecule has 1 aliphatic heterocycles. The van der Waals surface area contributed by atoms with Crippen molar-refractivity contribution in [1.82, 2.24) is 10.4 Å². The van der Waals surface area contributed by atoms with Crippen molar-refractivity contribution < 1.29 is 0 Å². The summed E-state index contributed by atoms with van der Waals surface area (Å²) in [4.78, 5) is 0. The Labute approximate surface area is 87.1 Å². The lowest BCUT2D eigenvalue weighted by molar-refractivity contribution is -0.0665. The standard InChI is InChI=1S/C11H21N3/c1-10(2)6-5-7-11(3,4)14(10)13-9-8-12/h13H,5-7,9H2,1-4H3. The van der Waals surface area contributed by atoms with E-state index in [-0.39, 0.29) is 11.1 Å². The molecular weight excluding hydrogens is 174 g/mol. The maximum Gasteiger partial charge on any atom is 0.0975 e. The van der Waals surface area contributed by atoms with E-state index in [2.05, 4.69) is 44.2 Å². The molecule has 0 unspecified atom stereocenters. The van der Waals surface area contributed by atoms with Crippen LogP contribution in [0.5, 0.6) is 0 Å². The summed E-state index contributed by atoms with van der Waals surface area (Å²) >= 11 is 0. The third kappa shape index (κ3) is 2.26. The highest BCUT2D eigenvalue weighted by atomic mass is 15.6. The van der Waals surface area contributed by atoms with Crippen LogP contribution in [-0.4, -0.2) is 22.6 Å². The highest BCUT2D eigenvalue weighted by Gasteiger charge is 2.40. The van der Waals surface area contributed by atoms with Crippen molar-refractivity contribution in [2.24, 2.45) is 0 Å². The zero-order valence-corrected chi connectivity index (χ0v) is 9.72. The Kier molecular flexibility index (Phi) is 3.18. The monoisotopic (exact) mass is 195 g/mol. The van der Waals surface area contributed by atoms with Gasteiger partial charge in [-0.15, -0.1) is 0 Å². The molecule has 1 heterocycles. The van der Waals surface area contributed by atoms with Crippen molar-refractivity contribution in [2.45, 2.75) is 58.0 Å². The third-order valence-electron chi connectivity index (χ3n) is 3.10. The lowest BCUT2D eigenvalue weighted by Gasteiger charge is -2.52. The van der Waals surface area contributed by atoms with Crippen molar-refractivity contribution in [2.75, 3.05) is 6.54 Å². The van der Waals surface area contributed by atoms with Crippen LogP contribution in [0.2, 0.25) is 0 Å². The SMILES string of the molecule is CC1(C)CCCC(C)(C)N1NCC#N. The van der Waals surface area contributed by atoms with E-state index in [4.69, 9.17) is 5.26 Å². The molecule has 0 bridgehead atoms. The molecule has 0 spiro atoms. The molecular formula is C11H21N3. The molecule has 14 heavy (non-hydrogen) atoms. The van der Waals surface area contributed by atoms with E-state index in [1.165, 1.54) is 19.3 Å². The first-order valence-electron chi connectivity index (χ1n) is 5.31. The lowest BCUT2D eigenvalue weighted by atomic mass is 9.82. The molecule has 1 saturated heterocycles. The highest BCUT2D eigenvalue weighted by Crippen LogP contribution is 2.36. The lowest BCUT2D eigenvalue weighted by Crippen LogP contribution is -2.64. The maximum absolute atomic E-state index is 8.60. The number of nitrogens with zero attached hydrogens (tertiary/aromatic N) is 2. The average molecular weight is 195 g/mol. The quantitative estimate of drug-likeness (QED) is 0.685. The molecule has 0 radical (unpaired) electrons. The summed E-state index contributed by atoms with van der Waals surface area (Å²) in [6.07, 6.45) is 3.65. The number of piperidine rings is 1. The van der Waals surface area contributed by atoms with E-state index in [0.29, 0.717) is 6.54 Å². The van der Waals surface area contributed by atoms with E-state index >= 15 is 0 Å². The van der Waals surface area contributed by atoms with Gasteiger partial charge in [-0.05, 0) is 47.0 Å². The molecule has 0 atom stereocenters. The summed E-state index contributed by atoms with van der Waals surface area (Å²) in [5, 5.41) is 10.9. The van der Waals surface area contributed by atoms with Gasteiger partial charge in [0.15, 0.2) is 0 Å². The van der Waals surface area contributed by atoms with E-state index < -0.39 is 0 Å². The Bertz CT molecular complexity index is 221. The van der Waals surface area contributed by atoms with Gasteiger partial charge in [0.25, 0.3) is 0 Å². The van der Waals surface area contributed by atoms with Crippen LogP contribution in [0.15, 0.2) is 0 Å². The molecule has 3 heteroatoms. The van der Waals surface area contributed by atoms with Crippen LogP contribution in [0.4, 0.5) is 0 Å². The minimum atomic E-state index is 0.151. The van der Waals surface area contributed by atoms with E-state index in [1.807, 2.05) is 0 Å². The minimum Gasteiger partial charge on any atom is -0.240 e. The van der Waals surface area contributed by atoms with Gasteiger partial charge in [0.05, 0.1) is 12.6 Å². The minimum absolute atomic E-state index is 0.151. The van der Waals surface area contributed by atoms with Gasteiger partial charge in [-0.1, -0.05) is 0 Å². The number of nitriles is 1. The zero-order chi connectivity index (χ0) is 10.8. The van der Waals surface area contributed by atoms with Gasteiger partial charge in [0.1, 0.15) is 0 Å². The van der Waals surface area contributed by atoms with Crippen LogP contribution in [0.3, 0.4) is 0 Å². The first-order valence-corrected chi connectivity index (χ1v) is 5.31. The summed E-state index contributed by atoms with van der Waals surface area (Å²) < 4.78 is 0. The van der Waals surface area contributed by atoms with E-state index in [1.54, 1.807) is 0 Å². The predicted molar refractivity (Wildman–Crippen MR) is 57.5 cm³/mol. The highest BCUT2D eigenvalue weighted by molar-refractivity contribution is 4.95. The van der Waals surface area contributed by atoms with Crippen LogP contribution in [0.1, 0.15) is 47.0 Å². The van der Waals surface area contributed by atoms with Gasteiger partial charge in [0, 0.05) is 11.1 Å². The summed E-state index contributed by atoms with van der Waals surface area (Å²) in [5.74, 6) is 0. The Morgan fingerprint density at radius 1 is 1.21 bits per heavy atom. The maximum atomic E-state index is 8.60. The fourth-order valence-electron chi connectivity index (χ4n) is 2.54. The molecule has 1 aliphatic rings. The molecule has 0 aromatic carbocycles. The Morgan fingerprint density at radius 3 is 2.14 bits per heavy atom. The van der Waals surface area contributed by atoms with Crippen molar-refractivity contribution >= 4 is 0 Å². The first-order chi connectivity index (χ1) is 6.40. The number of nitrogens with one attached hydrogen (secondary N) is 1. The molecule has 1 fully saturated rings. The zero-order valence-electron chi connectivity index (χ0n) is 9.72. The molecule has 0 aromatic heterocycles. The molecule has 0 aromatic rings. The molecule has 80 valence electrons. The molecule has 1 rings (SSSR count). The first kappa shape index (κ1) is 11.5. The third-order valence-corrected chi connectivity index (χ3v) is 3.10. The predicted octanol–water partition coefficient (Wildman–Crippen LogP) is 2.06. The topological polar surface area (TPSA) is 39.1 Å². The molecule has 1 N–H and O–H groups in total. The van der Waals surface area contributed by atoms with Gasteiger partial charge in [0.2, 0.25) is 0 Å². The van der Waals surface area contributed by atoms with Crippen LogP contribution in [-0.2, 0) is 0 Å². The Balaban J connectivity index is 2.76. The van der Waals surface area contributed by atoms with Gasteiger partial charge in [-0.3, -0.25) is 0 Å². The van der Waals surface area contributed by atoms with E-state index in [9.17, 15) is 0 Å². The van der Waals surface area contributed by atoms with Crippen molar-refractivity contribution in [3.63, 3.8) is 0 Å². The normalized spacial score (nSPS) is 25.6. The summed E-state index contributed by atoms with van der Waals surface area (Å²) in [6, 6.07) is 2.14. The molecule has 0 aliphatic carbocycles. The summed E-state index contributed by atoms with van der Waals surface area (Å²) in [6.45, 7) is 9.33. The van der Waals surface area contributed by atoms with Crippen molar-refractivity contribution in [3.05, 3.63) is 0 Å². The van der Waals surface area contributed by atoms with Crippen LogP contribution < -0.4 is 5.43 Å². The van der Waals surface area contributed by atoms with Crippen LogP contribution >= 0.6 is 0 Å². The van der Waals surface area contributed by atoms with Crippen molar-refractivity contribution in [3.8, 4) is 6.07 Å². The smallest absolute Gasteiger partial charge is 0.0975 e. The molecule has 0 amide bonds. The van der Waals surface area contributed by atoms with Gasteiger partial charge < -0.3 is 0 Å². The Morgan fingerprint density at radius 2 is 1.71 bits per heavy atom. The molecule has 0 saturated carbocycles. The second kappa shape index (κ2) is 3.88. The fraction of sp³-hybridized carbons (Fsp3) is 0.909. The van der Waals surface area contributed by atoms with Crippen LogP contribution in [0, 0.1) is 11.3 Å². The number of rotatable bonds is 2. The van der Waals surface area contributed by atoms with Crippen LogP contribution in [0.25, 0.3) is 0 Å². The summed E-state index contributed by atoms with van der Waals surface area (Å²) in [7, 11) is 0. The van der Waals surface area contributed by atoms with Gasteiger partial charge in [-0.2, -0.15) is 5.26 Å². The van der Waals surface area contributed by atoms with E-state index in [0.717, 1.165) is 0 Å². The number of hydrazine groups is 1. The van der Waals surface area contributed by atoms with Gasteiger partial charge in [-0.25, -0.2) is 10.4 Å². The summed E-state index contributed by atoms with van der Waals surface area (Å²) in [5.41, 5.74) is 3.53. The number of hydrogen-bond acceptors (Lipinski definition) is 3. The second-order valence-corrected chi connectivity index (χ2v) is 5.31. The number of hydrogen-bond donors (Lipinski definition) is 1. The largest absolute Gasteiger partial charge is 0.240 e. The average Bonchev–Trinajstić information content (AvgIpc) is 2.01.